The van der Waals surface area contributed by atoms with Gasteiger partial charge in [0, 0.05) is 6.54 Å². The molecule has 0 saturated carbocycles. The summed E-state index contributed by atoms with van der Waals surface area (Å²) in [5, 5.41) is 10.9. The second kappa shape index (κ2) is 6.38. The fraction of sp³-hybridized carbons (Fsp3) is 0.333. The summed E-state index contributed by atoms with van der Waals surface area (Å²) in [7, 11) is 0. The molecule has 0 heterocycles. The molecular weight excluding hydrogens is 218 g/mol. The third-order valence-corrected chi connectivity index (χ3v) is 2.20. The minimum Gasteiger partial charge on any atom is -0.482 e. The third-order valence-electron chi connectivity index (χ3n) is 2.20. The lowest BCUT2D eigenvalue weighted by atomic mass is 10.2. The second-order valence-electron chi connectivity index (χ2n) is 3.53. The molecule has 0 atom stereocenters. The first-order valence-corrected chi connectivity index (χ1v) is 5.26. The number of benzene rings is 1. The van der Waals surface area contributed by atoms with Crippen molar-refractivity contribution >= 4 is 11.6 Å². The molecule has 0 fully saturated rings. The van der Waals surface area contributed by atoms with Crippen molar-refractivity contribution in [2.45, 2.75) is 13.3 Å². The molecule has 3 N–H and O–H groups in total. The lowest BCUT2D eigenvalue weighted by Gasteiger charge is -2.10. The van der Waals surface area contributed by atoms with Crippen molar-refractivity contribution in [3.63, 3.8) is 0 Å². The molecule has 1 aromatic carbocycles. The molecule has 0 aromatic heterocycles. The molecule has 0 saturated heterocycles. The third kappa shape index (κ3) is 4.03. The Bertz CT molecular complexity index is 438. The van der Waals surface area contributed by atoms with E-state index in [1.807, 2.05) is 25.1 Å². The Labute approximate surface area is 100 Å². The van der Waals surface area contributed by atoms with E-state index in [1.165, 1.54) is 0 Å². The highest BCUT2D eigenvalue weighted by atomic mass is 16.5. The summed E-state index contributed by atoms with van der Waals surface area (Å²) < 4.78 is 5.29. The molecule has 0 radical (unpaired) electrons. The average molecular weight is 233 g/mol. The van der Waals surface area contributed by atoms with Gasteiger partial charge in [0.25, 0.3) is 5.91 Å². The SMILES string of the molecule is Cc1cccc(OCC(=O)NCCC#N)c1N. The number of para-hydroxylation sites is 1. The van der Waals surface area contributed by atoms with E-state index < -0.39 is 0 Å². The van der Waals surface area contributed by atoms with E-state index in [1.54, 1.807) is 6.07 Å². The predicted molar refractivity (Wildman–Crippen MR) is 64.3 cm³/mol. The van der Waals surface area contributed by atoms with Crippen LogP contribution in [0.1, 0.15) is 12.0 Å². The first-order valence-electron chi connectivity index (χ1n) is 5.26. The second-order valence-corrected chi connectivity index (χ2v) is 3.53. The number of ether oxygens (including phenoxy) is 1. The minimum atomic E-state index is -0.263. The standard InChI is InChI=1S/C12H15N3O2/c1-9-4-2-5-10(12(9)14)17-8-11(16)15-7-3-6-13/h2,4-5H,3,7-8,14H2,1H3,(H,15,16). The Balaban J connectivity index is 2.43. The lowest BCUT2D eigenvalue weighted by molar-refractivity contribution is -0.123. The van der Waals surface area contributed by atoms with Gasteiger partial charge in [-0.2, -0.15) is 5.26 Å². The number of nitrogen functional groups attached to an aromatic ring is 1. The smallest absolute Gasteiger partial charge is 0.257 e. The van der Waals surface area contributed by atoms with Crippen LogP contribution in [0.5, 0.6) is 5.75 Å². The van der Waals surface area contributed by atoms with E-state index in [0.29, 0.717) is 24.4 Å². The van der Waals surface area contributed by atoms with E-state index in [4.69, 9.17) is 15.7 Å². The van der Waals surface area contributed by atoms with Crippen LogP contribution in [-0.2, 0) is 4.79 Å². The van der Waals surface area contributed by atoms with Crippen LogP contribution in [-0.4, -0.2) is 19.1 Å². The maximum Gasteiger partial charge on any atom is 0.257 e. The molecule has 5 heteroatoms. The normalized spacial score (nSPS) is 9.41. The van der Waals surface area contributed by atoms with Crippen molar-refractivity contribution in [2.24, 2.45) is 0 Å². The maximum absolute atomic E-state index is 11.3. The van der Waals surface area contributed by atoms with Gasteiger partial charge in [-0.05, 0) is 18.6 Å². The van der Waals surface area contributed by atoms with Crippen molar-refractivity contribution in [1.29, 1.82) is 5.26 Å². The van der Waals surface area contributed by atoms with E-state index in [9.17, 15) is 4.79 Å². The fourth-order valence-corrected chi connectivity index (χ4v) is 1.23. The van der Waals surface area contributed by atoms with Crippen LogP contribution >= 0.6 is 0 Å². The van der Waals surface area contributed by atoms with Gasteiger partial charge < -0.3 is 15.8 Å². The van der Waals surface area contributed by atoms with E-state index in [2.05, 4.69) is 5.32 Å². The number of hydrogen-bond donors (Lipinski definition) is 2. The Morgan fingerprint density at radius 3 is 3.06 bits per heavy atom. The largest absolute Gasteiger partial charge is 0.482 e. The highest BCUT2D eigenvalue weighted by Crippen LogP contribution is 2.23. The minimum absolute atomic E-state index is 0.0981. The van der Waals surface area contributed by atoms with E-state index >= 15 is 0 Å². The van der Waals surface area contributed by atoms with Crippen LogP contribution in [0.25, 0.3) is 0 Å². The van der Waals surface area contributed by atoms with Crippen LogP contribution in [0.15, 0.2) is 18.2 Å². The molecule has 0 aliphatic heterocycles. The van der Waals surface area contributed by atoms with Crippen LogP contribution in [0.2, 0.25) is 0 Å². The Kier molecular flexibility index (Phi) is 4.82. The van der Waals surface area contributed by atoms with E-state index in [-0.39, 0.29) is 12.5 Å². The Morgan fingerprint density at radius 1 is 1.59 bits per heavy atom. The zero-order valence-corrected chi connectivity index (χ0v) is 9.69. The number of anilines is 1. The van der Waals surface area contributed by atoms with Crippen LogP contribution in [0.3, 0.4) is 0 Å². The number of nitriles is 1. The van der Waals surface area contributed by atoms with Gasteiger partial charge in [-0.25, -0.2) is 0 Å². The summed E-state index contributed by atoms with van der Waals surface area (Å²) >= 11 is 0. The van der Waals surface area contributed by atoms with Gasteiger partial charge in [0.15, 0.2) is 6.61 Å². The molecule has 0 spiro atoms. The van der Waals surface area contributed by atoms with Gasteiger partial charge >= 0.3 is 0 Å². The lowest BCUT2D eigenvalue weighted by Crippen LogP contribution is -2.29. The number of amides is 1. The fourth-order valence-electron chi connectivity index (χ4n) is 1.23. The van der Waals surface area contributed by atoms with Gasteiger partial charge in [-0.15, -0.1) is 0 Å². The first kappa shape index (κ1) is 12.8. The predicted octanol–water partition coefficient (Wildman–Crippen LogP) is 0.986. The summed E-state index contributed by atoms with van der Waals surface area (Å²) in [5.41, 5.74) is 7.24. The zero-order chi connectivity index (χ0) is 12.7. The number of carbonyl (C=O) groups is 1. The number of carbonyl (C=O) groups excluding carboxylic acids is 1. The van der Waals surface area contributed by atoms with E-state index in [0.717, 1.165) is 5.56 Å². The van der Waals surface area contributed by atoms with Gasteiger partial charge in [0.1, 0.15) is 5.75 Å². The highest BCUT2D eigenvalue weighted by molar-refractivity contribution is 5.77. The van der Waals surface area contributed by atoms with Gasteiger partial charge in [0.05, 0.1) is 18.2 Å². The zero-order valence-electron chi connectivity index (χ0n) is 9.69. The molecule has 5 nitrogen and oxygen atoms in total. The Morgan fingerprint density at radius 2 is 2.35 bits per heavy atom. The topological polar surface area (TPSA) is 88.1 Å². The molecule has 0 aliphatic carbocycles. The summed E-state index contributed by atoms with van der Waals surface area (Å²) in [6.07, 6.45) is 0.290. The van der Waals surface area contributed by atoms with Crippen molar-refractivity contribution in [3.05, 3.63) is 23.8 Å². The van der Waals surface area contributed by atoms with Crippen LogP contribution < -0.4 is 15.8 Å². The molecule has 1 amide bonds. The number of nitrogens with two attached hydrogens (primary N) is 1. The molecule has 0 aliphatic rings. The number of rotatable bonds is 5. The van der Waals surface area contributed by atoms with Crippen molar-refractivity contribution < 1.29 is 9.53 Å². The molecule has 0 unspecified atom stereocenters. The summed E-state index contributed by atoms with van der Waals surface area (Å²) in [5.74, 6) is 0.238. The molecule has 90 valence electrons. The highest BCUT2D eigenvalue weighted by Gasteiger charge is 2.05. The van der Waals surface area contributed by atoms with Crippen molar-refractivity contribution in [2.75, 3.05) is 18.9 Å². The maximum atomic E-state index is 11.3. The molecule has 1 rings (SSSR count). The number of aryl methyl sites for hydroxylation is 1. The summed E-state index contributed by atoms with van der Waals surface area (Å²) in [6.45, 7) is 2.11. The van der Waals surface area contributed by atoms with Gasteiger partial charge in [-0.3, -0.25) is 4.79 Å². The molecular formula is C12H15N3O2. The summed E-state index contributed by atoms with van der Waals surface area (Å²) in [6, 6.07) is 7.34. The molecule has 1 aromatic rings. The quantitative estimate of drug-likeness (QED) is 0.586. The average Bonchev–Trinajstić information content (AvgIpc) is 2.31. The number of hydrogen-bond acceptors (Lipinski definition) is 4. The Hall–Kier alpha value is -2.22. The van der Waals surface area contributed by atoms with Crippen LogP contribution in [0, 0.1) is 18.3 Å². The van der Waals surface area contributed by atoms with Gasteiger partial charge in [0.2, 0.25) is 0 Å². The molecule has 17 heavy (non-hydrogen) atoms. The van der Waals surface area contributed by atoms with Gasteiger partial charge in [-0.1, -0.05) is 12.1 Å². The monoisotopic (exact) mass is 233 g/mol. The van der Waals surface area contributed by atoms with Crippen molar-refractivity contribution in [3.8, 4) is 11.8 Å². The summed E-state index contributed by atoms with van der Waals surface area (Å²) in [4.78, 5) is 11.3. The molecule has 0 bridgehead atoms. The number of nitrogens with one attached hydrogen (secondary N) is 1. The van der Waals surface area contributed by atoms with Crippen molar-refractivity contribution in [1.82, 2.24) is 5.32 Å². The van der Waals surface area contributed by atoms with Crippen LogP contribution in [0.4, 0.5) is 5.69 Å². The number of nitrogens with zero attached hydrogens (tertiary/aromatic N) is 1. The first-order chi connectivity index (χ1) is 8.15.